The lowest BCUT2D eigenvalue weighted by Gasteiger charge is -2.19. The maximum atomic E-state index is 12.7. The Kier molecular flexibility index (Phi) is 8.60. The molecule has 1 amide bonds. The number of hydrogen-bond acceptors (Lipinski definition) is 3. The molecule has 32 heavy (non-hydrogen) atoms. The van der Waals surface area contributed by atoms with Crippen molar-refractivity contribution in [3.05, 3.63) is 95.6 Å². The highest BCUT2D eigenvalue weighted by atomic mass is 16.1. The summed E-state index contributed by atoms with van der Waals surface area (Å²) in [6.07, 6.45) is 0.740. The van der Waals surface area contributed by atoms with Crippen molar-refractivity contribution in [2.45, 2.75) is 39.3 Å². The average Bonchev–Trinajstić information content (AvgIpc) is 2.82. The number of nitrogens with zero attached hydrogens (tertiary/aromatic N) is 1. The molecule has 0 bridgehead atoms. The summed E-state index contributed by atoms with van der Waals surface area (Å²) in [5, 5.41) is 15.1. The van der Waals surface area contributed by atoms with E-state index in [2.05, 4.69) is 85.1 Å². The number of amides is 1. The van der Waals surface area contributed by atoms with E-state index in [9.17, 15) is 4.79 Å². The van der Waals surface area contributed by atoms with Gasteiger partial charge < -0.3 is 10.6 Å². The molecule has 0 aliphatic heterocycles. The summed E-state index contributed by atoms with van der Waals surface area (Å²) in [4.78, 5) is 12.7. The second-order valence-corrected chi connectivity index (χ2v) is 8.47. The summed E-state index contributed by atoms with van der Waals surface area (Å²) < 4.78 is 0. The highest BCUT2D eigenvalue weighted by Gasteiger charge is 2.22. The third-order valence-corrected chi connectivity index (χ3v) is 5.42. The average molecular weight is 426 g/mol. The maximum absolute atomic E-state index is 12.7. The molecular weight excluding hydrogens is 394 g/mol. The van der Waals surface area contributed by atoms with Crippen LogP contribution in [0.15, 0.2) is 78.9 Å². The molecule has 4 heteroatoms. The van der Waals surface area contributed by atoms with Gasteiger partial charge in [0.15, 0.2) is 0 Å². The summed E-state index contributed by atoms with van der Waals surface area (Å²) in [6.45, 7) is 5.87. The number of nitriles is 1. The van der Waals surface area contributed by atoms with E-state index in [0.717, 1.165) is 36.2 Å². The molecule has 0 saturated carbocycles. The molecule has 0 saturated heterocycles. The van der Waals surface area contributed by atoms with Crippen LogP contribution < -0.4 is 10.6 Å². The Morgan fingerprint density at radius 2 is 1.53 bits per heavy atom. The zero-order chi connectivity index (χ0) is 22.8. The number of carbonyl (C=O) groups excluding carboxylic acids is 1. The summed E-state index contributed by atoms with van der Waals surface area (Å²) in [6, 6.07) is 29.1. The normalized spacial score (nSPS) is 11.7. The van der Waals surface area contributed by atoms with Gasteiger partial charge in [0.1, 0.15) is 6.54 Å². The summed E-state index contributed by atoms with van der Waals surface area (Å²) in [7, 11) is 0. The lowest BCUT2D eigenvalue weighted by molar-refractivity contribution is -0.122. The molecule has 0 spiro atoms. The Hall–Kier alpha value is -3.42. The molecule has 0 aromatic heterocycles. The van der Waals surface area contributed by atoms with Crippen LogP contribution in [0.4, 0.5) is 0 Å². The fourth-order valence-corrected chi connectivity index (χ4v) is 3.86. The zero-order valence-corrected chi connectivity index (χ0v) is 18.8. The van der Waals surface area contributed by atoms with Gasteiger partial charge in [-0.2, -0.15) is 5.26 Å². The molecule has 4 nitrogen and oxygen atoms in total. The van der Waals surface area contributed by atoms with Gasteiger partial charge in [-0.3, -0.25) is 4.79 Å². The van der Waals surface area contributed by atoms with E-state index in [0.29, 0.717) is 5.92 Å². The molecular formula is C28H31N3O. The van der Waals surface area contributed by atoms with Crippen molar-refractivity contribution in [2.75, 3.05) is 6.54 Å². The molecule has 3 rings (SSSR count). The standard InChI is InChI=1S/C28H31N3O/c1-21(2)16-27(28(32)31-15-14-29)26-13-7-12-25(18-26)24-11-6-10-23(17-24)20-30-19-22-8-4-3-5-9-22/h3-13,17-18,21,27,30H,15-16,19-20H2,1-2H3,(H,31,32)/t27-/m1/s1. The fourth-order valence-electron chi connectivity index (χ4n) is 3.86. The SMILES string of the molecule is CC(C)C[C@@H](C(=O)NCC#N)c1cccc(-c2cccc(CNCc3ccccc3)c2)c1. The van der Waals surface area contributed by atoms with E-state index >= 15 is 0 Å². The Balaban J connectivity index is 1.75. The molecule has 2 N–H and O–H groups in total. The monoisotopic (exact) mass is 425 g/mol. The summed E-state index contributed by atoms with van der Waals surface area (Å²) in [5.74, 6) is 0.0193. The zero-order valence-electron chi connectivity index (χ0n) is 18.8. The lowest BCUT2D eigenvalue weighted by Crippen LogP contribution is -2.30. The number of benzene rings is 3. The minimum atomic E-state index is -0.265. The van der Waals surface area contributed by atoms with Gasteiger partial charge in [0.05, 0.1) is 12.0 Å². The van der Waals surface area contributed by atoms with Crippen LogP contribution in [-0.2, 0) is 17.9 Å². The second kappa shape index (κ2) is 11.8. The van der Waals surface area contributed by atoms with Gasteiger partial charge in [0.25, 0.3) is 0 Å². The summed E-state index contributed by atoms with van der Waals surface area (Å²) in [5.41, 5.74) is 5.69. The van der Waals surface area contributed by atoms with Crippen molar-refractivity contribution in [1.29, 1.82) is 5.26 Å². The topological polar surface area (TPSA) is 64.9 Å². The molecule has 0 aliphatic carbocycles. The van der Waals surface area contributed by atoms with Gasteiger partial charge in [-0.05, 0) is 46.2 Å². The molecule has 0 aliphatic rings. The van der Waals surface area contributed by atoms with Crippen LogP contribution in [0.5, 0.6) is 0 Å². The molecule has 3 aromatic carbocycles. The molecule has 0 unspecified atom stereocenters. The van der Waals surface area contributed by atoms with Crippen molar-refractivity contribution in [3.63, 3.8) is 0 Å². The highest BCUT2D eigenvalue weighted by Crippen LogP contribution is 2.29. The fraction of sp³-hybridized carbons (Fsp3) is 0.286. The Bertz CT molecular complexity index is 1050. The maximum Gasteiger partial charge on any atom is 0.228 e. The molecule has 3 aromatic rings. The van der Waals surface area contributed by atoms with Crippen LogP contribution in [0.2, 0.25) is 0 Å². The van der Waals surface area contributed by atoms with E-state index in [-0.39, 0.29) is 18.4 Å². The first-order chi connectivity index (χ1) is 15.6. The van der Waals surface area contributed by atoms with Crippen molar-refractivity contribution in [3.8, 4) is 17.2 Å². The van der Waals surface area contributed by atoms with E-state index < -0.39 is 0 Å². The first-order valence-corrected chi connectivity index (χ1v) is 11.2. The third kappa shape index (κ3) is 6.80. The minimum Gasteiger partial charge on any atom is -0.342 e. The quantitative estimate of drug-likeness (QED) is 0.427. The number of rotatable bonds is 10. The van der Waals surface area contributed by atoms with Gasteiger partial charge in [0, 0.05) is 13.1 Å². The van der Waals surface area contributed by atoms with Crippen LogP contribution in [0.3, 0.4) is 0 Å². The molecule has 1 atom stereocenters. The Morgan fingerprint density at radius 1 is 0.875 bits per heavy atom. The van der Waals surface area contributed by atoms with Gasteiger partial charge in [-0.15, -0.1) is 0 Å². The van der Waals surface area contributed by atoms with Crippen molar-refractivity contribution >= 4 is 5.91 Å². The van der Waals surface area contributed by atoms with Crippen molar-refractivity contribution in [1.82, 2.24) is 10.6 Å². The van der Waals surface area contributed by atoms with Crippen LogP contribution in [0.25, 0.3) is 11.1 Å². The minimum absolute atomic E-state index is 0.0329. The first-order valence-electron chi connectivity index (χ1n) is 11.2. The van der Waals surface area contributed by atoms with E-state index in [1.807, 2.05) is 24.3 Å². The molecule has 164 valence electrons. The van der Waals surface area contributed by atoms with Gasteiger partial charge in [0.2, 0.25) is 5.91 Å². The van der Waals surface area contributed by atoms with Gasteiger partial charge >= 0.3 is 0 Å². The van der Waals surface area contributed by atoms with E-state index in [1.165, 1.54) is 11.1 Å². The highest BCUT2D eigenvalue weighted by molar-refractivity contribution is 5.84. The van der Waals surface area contributed by atoms with Crippen LogP contribution in [-0.4, -0.2) is 12.5 Å². The lowest BCUT2D eigenvalue weighted by atomic mass is 9.88. The molecule has 0 fully saturated rings. The van der Waals surface area contributed by atoms with E-state index in [4.69, 9.17) is 5.26 Å². The number of nitrogens with one attached hydrogen (secondary N) is 2. The van der Waals surface area contributed by atoms with Crippen LogP contribution in [0, 0.1) is 17.2 Å². The number of carbonyl (C=O) groups is 1. The van der Waals surface area contributed by atoms with Gasteiger partial charge in [-0.25, -0.2) is 0 Å². The largest absolute Gasteiger partial charge is 0.342 e. The predicted molar refractivity (Wildman–Crippen MR) is 130 cm³/mol. The summed E-state index contributed by atoms with van der Waals surface area (Å²) >= 11 is 0. The van der Waals surface area contributed by atoms with E-state index in [1.54, 1.807) is 0 Å². The Morgan fingerprint density at radius 3 is 2.25 bits per heavy atom. The van der Waals surface area contributed by atoms with Crippen LogP contribution in [0.1, 0.15) is 42.9 Å². The molecule has 0 heterocycles. The second-order valence-electron chi connectivity index (χ2n) is 8.47. The van der Waals surface area contributed by atoms with Crippen molar-refractivity contribution in [2.24, 2.45) is 5.92 Å². The van der Waals surface area contributed by atoms with Crippen LogP contribution >= 0.6 is 0 Å². The third-order valence-electron chi connectivity index (χ3n) is 5.42. The number of hydrogen-bond donors (Lipinski definition) is 2. The predicted octanol–water partition coefficient (Wildman–Crippen LogP) is 5.41. The van der Waals surface area contributed by atoms with Gasteiger partial charge in [-0.1, -0.05) is 86.6 Å². The Labute approximate surface area is 191 Å². The molecule has 0 radical (unpaired) electrons. The first kappa shape index (κ1) is 23.2. The van der Waals surface area contributed by atoms with Crippen molar-refractivity contribution < 1.29 is 4.79 Å². The smallest absolute Gasteiger partial charge is 0.228 e.